The number of nitrogens with zero attached hydrogens (tertiary/aromatic N) is 4. The van der Waals surface area contributed by atoms with Gasteiger partial charge in [-0.15, -0.1) is 0 Å². The summed E-state index contributed by atoms with van der Waals surface area (Å²) < 4.78 is 5.77. The van der Waals surface area contributed by atoms with E-state index >= 15 is 0 Å². The third kappa shape index (κ3) is 4.99. The maximum atomic E-state index is 12.3. The summed E-state index contributed by atoms with van der Waals surface area (Å²) in [4.78, 5) is 40.5. The van der Waals surface area contributed by atoms with Crippen LogP contribution in [0.5, 0.6) is 0 Å². The van der Waals surface area contributed by atoms with Gasteiger partial charge in [-0.1, -0.05) is 0 Å². The Balaban J connectivity index is 1.60. The summed E-state index contributed by atoms with van der Waals surface area (Å²) in [5, 5.41) is 28.7. The van der Waals surface area contributed by atoms with Crippen molar-refractivity contribution in [3.63, 3.8) is 0 Å². The lowest BCUT2D eigenvalue weighted by atomic mass is 9.99. The van der Waals surface area contributed by atoms with Gasteiger partial charge in [0, 0.05) is 13.5 Å². The van der Waals surface area contributed by atoms with Crippen LogP contribution in [0.4, 0.5) is 5.82 Å². The van der Waals surface area contributed by atoms with E-state index in [2.05, 4.69) is 35.9 Å². The van der Waals surface area contributed by atoms with Crippen molar-refractivity contribution in [2.75, 3.05) is 39.1 Å². The summed E-state index contributed by atoms with van der Waals surface area (Å²) in [5.41, 5.74) is 1.01. The van der Waals surface area contributed by atoms with Crippen LogP contribution in [-0.4, -0.2) is 105 Å². The molecule has 1 fully saturated rings. The van der Waals surface area contributed by atoms with Crippen LogP contribution < -0.4 is 16.0 Å². The Hall–Kier alpha value is -2.87. The van der Waals surface area contributed by atoms with E-state index in [0.717, 1.165) is 0 Å². The van der Waals surface area contributed by atoms with Crippen LogP contribution in [0.3, 0.4) is 0 Å². The molecule has 0 aliphatic carbocycles. The second-order valence-corrected chi connectivity index (χ2v) is 7.00. The number of ether oxygens (including phenoxy) is 1. The number of imidazole rings is 1. The second kappa shape index (κ2) is 9.75. The Morgan fingerprint density at radius 2 is 2.17 bits per heavy atom. The first-order chi connectivity index (χ1) is 14.4. The highest BCUT2D eigenvalue weighted by Crippen LogP contribution is 2.23. The van der Waals surface area contributed by atoms with E-state index in [9.17, 15) is 19.8 Å². The van der Waals surface area contributed by atoms with E-state index in [-0.39, 0.29) is 32.0 Å². The quantitative estimate of drug-likeness (QED) is 0.264. The zero-order valence-electron chi connectivity index (χ0n) is 16.7. The van der Waals surface area contributed by atoms with Crippen molar-refractivity contribution in [2.24, 2.45) is 0 Å². The maximum Gasteiger partial charge on any atom is 0.239 e. The number of fused-ring (bicyclic) bond motifs is 1. The Morgan fingerprint density at radius 1 is 1.37 bits per heavy atom. The highest BCUT2D eigenvalue weighted by molar-refractivity contribution is 5.85. The Bertz CT molecular complexity index is 877. The van der Waals surface area contributed by atoms with Crippen molar-refractivity contribution in [2.45, 2.75) is 30.9 Å². The van der Waals surface area contributed by atoms with Gasteiger partial charge >= 0.3 is 0 Å². The zero-order chi connectivity index (χ0) is 21.7. The molecular weight excluding hydrogens is 396 g/mol. The molecule has 0 saturated carbocycles. The molecule has 0 aromatic carbocycles. The number of aliphatic hydroxyl groups is 2. The van der Waals surface area contributed by atoms with Crippen LogP contribution >= 0.6 is 0 Å². The molecule has 0 bridgehead atoms. The number of hydrogen-bond acceptors (Lipinski definition) is 10. The average molecular weight is 422 g/mol. The van der Waals surface area contributed by atoms with E-state index in [4.69, 9.17) is 4.74 Å². The number of rotatable bonds is 8. The molecule has 0 spiro atoms. The number of likely N-dealkylation sites (N-methyl/N-ethyl adjacent to an activating group) is 2. The van der Waals surface area contributed by atoms with Crippen LogP contribution in [0, 0.1) is 0 Å². The van der Waals surface area contributed by atoms with E-state index in [0.29, 0.717) is 17.0 Å². The van der Waals surface area contributed by atoms with Crippen molar-refractivity contribution in [3.05, 3.63) is 12.7 Å². The minimum absolute atomic E-state index is 0.119. The van der Waals surface area contributed by atoms with Crippen LogP contribution in [0.2, 0.25) is 0 Å². The summed E-state index contributed by atoms with van der Waals surface area (Å²) in [6, 6.07) is -0.624. The van der Waals surface area contributed by atoms with Gasteiger partial charge in [-0.2, -0.15) is 0 Å². The van der Waals surface area contributed by atoms with E-state index in [1.54, 1.807) is 7.05 Å². The summed E-state index contributed by atoms with van der Waals surface area (Å²) >= 11 is 0. The van der Waals surface area contributed by atoms with Gasteiger partial charge in [0.05, 0.1) is 32.1 Å². The molecule has 1 aliphatic heterocycles. The fourth-order valence-electron chi connectivity index (χ4n) is 3.21. The van der Waals surface area contributed by atoms with Crippen molar-refractivity contribution in [3.8, 4) is 0 Å². The Morgan fingerprint density at radius 3 is 2.90 bits per heavy atom. The number of aromatic nitrogens is 4. The number of H-pyrrole nitrogens is 1. The lowest BCUT2D eigenvalue weighted by Gasteiger charge is -2.39. The molecule has 2 aromatic rings. The molecular formula is C17H26N8O5. The lowest BCUT2D eigenvalue weighted by Crippen LogP contribution is -2.58. The van der Waals surface area contributed by atoms with Gasteiger partial charge in [-0.05, 0) is 7.05 Å². The molecule has 1 saturated heterocycles. The Labute approximate surface area is 172 Å². The van der Waals surface area contributed by atoms with Gasteiger partial charge in [-0.3, -0.25) is 9.59 Å². The topological polar surface area (TPSA) is 178 Å². The number of aliphatic hydroxyl groups excluding tert-OH is 2. The molecule has 30 heavy (non-hydrogen) atoms. The molecule has 4 atom stereocenters. The fraction of sp³-hybridized carbons (Fsp3) is 0.588. The largest absolute Gasteiger partial charge is 0.394 e. The third-order valence-electron chi connectivity index (χ3n) is 4.78. The predicted molar refractivity (Wildman–Crippen MR) is 105 cm³/mol. The summed E-state index contributed by atoms with van der Waals surface area (Å²) in [5.74, 6) is -0.251. The molecule has 0 radical (unpaired) electrons. The standard InChI is InChI=1S/C17H26N8O5/c1-18-4-13(29)25(2)5-12(28)23-9-3-10(27)17(30-11(9)6-26)24-16-14-15(20-7-19-14)21-8-22-16/h7-11,17-18,26-27H,3-6H2,1-2H3,(H,23,28)(H2,19,20,21,22,24)/t9-,10+,11+,17+/m1/s1. The number of carbonyl (C=O) groups excluding carboxylic acids is 2. The van der Waals surface area contributed by atoms with Crippen molar-refractivity contribution in [1.82, 2.24) is 35.5 Å². The average Bonchev–Trinajstić information content (AvgIpc) is 3.19. The zero-order valence-corrected chi connectivity index (χ0v) is 16.7. The molecule has 1 aliphatic rings. The molecule has 164 valence electrons. The maximum absolute atomic E-state index is 12.3. The van der Waals surface area contributed by atoms with Gasteiger partial charge in [0.15, 0.2) is 17.7 Å². The second-order valence-electron chi connectivity index (χ2n) is 7.00. The van der Waals surface area contributed by atoms with E-state index in [1.165, 1.54) is 24.6 Å². The lowest BCUT2D eigenvalue weighted by molar-refractivity contribution is -0.144. The van der Waals surface area contributed by atoms with Crippen LogP contribution in [0.1, 0.15) is 6.42 Å². The van der Waals surface area contributed by atoms with Crippen molar-refractivity contribution in [1.29, 1.82) is 0 Å². The SMILES string of the molecule is CNCC(=O)N(C)CC(=O)N[C@@H]1C[C@H](O)[C@@H](Nc2ncnc3nc[nH]c23)O[C@H]1CO. The van der Waals surface area contributed by atoms with Gasteiger partial charge < -0.3 is 40.8 Å². The monoisotopic (exact) mass is 422 g/mol. The van der Waals surface area contributed by atoms with E-state index in [1.807, 2.05) is 0 Å². The minimum Gasteiger partial charge on any atom is -0.394 e. The summed E-state index contributed by atoms with van der Waals surface area (Å²) in [6.07, 6.45) is 0.334. The van der Waals surface area contributed by atoms with Crippen LogP contribution in [-0.2, 0) is 14.3 Å². The summed E-state index contributed by atoms with van der Waals surface area (Å²) in [7, 11) is 3.16. The smallest absolute Gasteiger partial charge is 0.239 e. The first-order valence-corrected chi connectivity index (χ1v) is 9.45. The molecule has 2 amide bonds. The molecule has 13 nitrogen and oxygen atoms in total. The van der Waals surface area contributed by atoms with Gasteiger partial charge in [0.25, 0.3) is 0 Å². The molecule has 13 heteroatoms. The highest BCUT2D eigenvalue weighted by atomic mass is 16.5. The number of aromatic amines is 1. The normalized spacial score (nSPS) is 23.9. The van der Waals surface area contributed by atoms with Gasteiger partial charge in [0.2, 0.25) is 11.8 Å². The van der Waals surface area contributed by atoms with Crippen molar-refractivity contribution < 1.29 is 24.5 Å². The first kappa shape index (κ1) is 21.8. The number of anilines is 1. The number of hydrogen-bond donors (Lipinski definition) is 6. The molecule has 3 rings (SSSR count). The fourth-order valence-corrected chi connectivity index (χ4v) is 3.21. The van der Waals surface area contributed by atoms with Gasteiger partial charge in [-0.25, -0.2) is 15.0 Å². The van der Waals surface area contributed by atoms with Gasteiger partial charge in [0.1, 0.15) is 24.1 Å². The number of nitrogens with one attached hydrogen (secondary N) is 4. The molecule has 6 N–H and O–H groups in total. The Kier molecular flexibility index (Phi) is 7.10. The number of amides is 2. The molecule has 3 heterocycles. The predicted octanol–water partition coefficient (Wildman–Crippen LogP) is -2.60. The molecule has 0 unspecified atom stereocenters. The highest BCUT2D eigenvalue weighted by Gasteiger charge is 2.38. The van der Waals surface area contributed by atoms with Crippen LogP contribution in [0.25, 0.3) is 11.2 Å². The van der Waals surface area contributed by atoms with E-state index < -0.39 is 30.4 Å². The minimum atomic E-state index is -0.991. The third-order valence-corrected chi connectivity index (χ3v) is 4.78. The summed E-state index contributed by atoms with van der Waals surface area (Å²) in [6.45, 7) is -0.395. The van der Waals surface area contributed by atoms with Crippen molar-refractivity contribution >= 4 is 28.8 Å². The first-order valence-electron chi connectivity index (χ1n) is 9.45. The molecule has 2 aromatic heterocycles. The van der Waals surface area contributed by atoms with Crippen LogP contribution in [0.15, 0.2) is 12.7 Å². The number of carbonyl (C=O) groups is 2.